The average Bonchev–Trinajstić information content (AvgIpc) is 3.11. The molecule has 4 amide bonds. The van der Waals surface area contributed by atoms with Gasteiger partial charge in [0, 0.05) is 37.7 Å². The molecule has 0 spiro atoms. The van der Waals surface area contributed by atoms with Gasteiger partial charge in [0.25, 0.3) is 0 Å². The van der Waals surface area contributed by atoms with Crippen molar-refractivity contribution in [3.8, 4) is 0 Å². The number of hydrogen-bond donors (Lipinski definition) is 2. The van der Waals surface area contributed by atoms with Crippen molar-refractivity contribution in [1.82, 2.24) is 15.5 Å². The summed E-state index contributed by atoms with van der Waals surface area (Å²) < 4.78 is 21.9. The van der Waals surface area contributed by atoms with Crippen molar-refractivity contribution in [2.24, 2.45) is 0 Å². The SMILES string of the molecule is O=C(CCN1C(=O)CC(SC2CCCCCC2)C1=O)NCCOCCOCCOCCNC(=O)OC1CC/C=C/CCC1. The van der Waals surface area contributed by atoms with Crippen LogP contribution in [-0.2, 0) is 33.3 Å². The summed E-state index contributed by atoms with van der Waals surface area (Å²) in [6.07, 6.45) is 16.2. The normalized spacial score (nSPS) is 22.5. The minimum Gasteiger partial charge on any atom is -0.446 e. The maximum atomic E-state index is 12.8. The quantitative estimate of drug-likeness (QED) is 0.101. The maximum Gasteiger partial charge on any atom is 0.407 e. The Balaban J connectivity index is 1.09. The predicted molar refractivity (Wildman–Crippen MR) is 165 cm³/mol. The van der Waals surface area contributed by atoms with Crippen molar-refractivity contribution in [2.75, 3.05) is 59.3 Å². The zero-order valence-corrected chi connectivity index (χ0v) is 26.4. The molecule has 2 aliphatic carbocycles. The second-order valence-corrected chi connectivity index (χ2v) is 12.7. The number of nitrogens with one attached hydrogen (secondary N) is 2. The predicted octanol–water partition coefficient (Wildman–Crippen LogP) is 3.74. The Kier molecular flexibility index (Phi) is 17.7. The van der Waals surface area contributed by atoms with Gasteiger partial charge in [0.15, 0.2) is 0 Å². The molecule has 0 aromatic carbocycles. The molecule has 3 aliphatic rings. The highest BCUT2D eigenvalue weighted by molar-refractivity contribution is 8.01. The monoisotopic (exact) mass is 625 g/mol. The number of carbonyl (C=O) groups excluding carboxylic acids is 4. The fourth-order valence-corrected chi connectivity index (χ4v) is 6.92. The molecule has 1 saturated heterocycles. The summed E-state index contributed by atoms with van der Waals surface area (Å²) in [5, 5.41) is 5.64. The zero-order chi connectivity index (χ0) is 30.5. The Morgan fingerprint density at radius 2 is 1.44 bits per heavy atom. The zero-order valence-electron chi connectivity index (χ0n) is 25.6. The molecule has 2 unspecified atom stereocenters. The number of ether oxygens (including phenoxy) is 4. The van der Waals surface area contributed by atoms with Gasteiger partial charge >= 0.3 is 6.09 Å². The standard InChI is InChI=1S/C31H51N3O8S/c35-28(14-17-34-29(36)24-27(30(34)37)43-26-12-8-4-5-9-13-26)32-15-18-39-20-22-41-23-21-40-19-16-33-31(38)42-25-10-6-2-1-3-7-11-25/h1-2,25-27H,3-24H2,(H,32,35)(H,33,38)/b2-1+. The average molecular weight is 626 g/mol. The van der Waals surface area contributed by atoms with Gasteiger partial charge in [-0.3, -0.25) is 19.3 Å². The van der Waals surface area contributed by atoms with Gasteiger partial charge in [-0.05, 0) is 44.9 Å². The van der Waals surface area contributed by atoms with Crippen LogP contribution in [0.3, 0.4) is 0 Å². The molecule has 12 heteroatoms. The number of amides is 4. The summed E-state index contributed by atoms with van der Waals surface area (Å²) in [6.45, 7) is 3.17. The minimum atomic E-state index is -0.396. The molecular weight excluding hydrogens is 574 g/mol. The number of likely N-dealkylation sites (tertiary alicyclic amines) is 1. The Hall–Kier alpha value is -2.15. The van der Waals surface area contributed by atoms with Gasteiger partial charge in [-0.2, -0.15) is 0 Å². The van der Waals surface area contributed by atoms with E-state index in [0.29, 0.717) is 58.0 Å². The highest BCUT2D eigenvalue weighted by Gasteiger charge is 2.40. The Bertz CT molecular complexity index is 881. The number of hydrogen-bond acceptors (Lipinski definition) is 9. The fraction of sp³-hybridized carbons (Fsp3) is 0.806. The first kappa shape index (κ1) is 35.3. The van der Waals surface area contributed by atoms with E-state index in [2.05, 4.69) is 22.8 Å². The van der Waals surface area contributed by atoms with E-state index in [0.717, 1.165) is 44.9 Å². The lowest BCUT2D eigenvalue weighted by atomic mass is 10.0. The van der Waals surface area contributed by atoms with Gasteiger partial charge in [-0.1, -0.05) is 37.8 Å². The highest BCUT2D eigenvalue weighted by atomic mass is 32.2. The number of nitrogens with zero attached hydrogens (tertiary/aromatic N) is 1. The molecule has 3 rings (SSSR count). The molecule has 1 aliphatic heterocycles. The van der Waals surface area contributed by atoms with Crippen molar-refractivity contribution >= 4 is 35.6 Å². The van der Waals surface area contributed by atoms with Crippen molar-refractivity contribution in [3.05, 3.63) is 12.2 Å². The summed E-state index contributed by atoms with van der Waals surface area (Å²) >= 11 is 1.66. The molecule has 2 fully saturated rings. The van der Waals surface area contributed by atoms with E-state index in [1.54, 1.807) is 11.8 Å². The van der Waals surface area contributed by atoms with Crippen LogP contribution >= 0.6 is 11.8 Å². The van der Waals surface area contributed by atoms with Gasteiger partial charge in [0.2, 0.25) is 17.7 Å². The van der Waals surface area contributed by atoms with Crippen LogP contribution in [0.4, 0.5) is 4.79 Å². The minimum absolute atomic E-state index is 0.0239. The molecule has 11 nitrogen and oxygen atoms in total. The summed E-state index contributed by atoms with van der Waals surface area (Å²) in [7, 11) is 0. The first-order valence-corrected chi connectivity index (χ1v) is 17.1. The summed E-state index contributed by atoms with van der Waals surface area (Å²) in [4.78, 5) is 50.5. The van der Waals surface area contributed by atoms with E-state index in [-0.39, 0.29) is 48.5 Å². The lowest BCUT2D eigenvalue weighted by Gasteiger charge is -2.18. The number of thioether (sulfide) groups is 1. The second kappa shape index (κ2) is 21.5. The molecule has 0 bridgehead atoms. The smallest absolute Gasteiger partial charge is 0.407 e. The van der Waals surface area contributed by atoms with Gasteiger partial charge in [-0.15, -0.1) is 11.8 Å². The van der Waals surface area contributed by atoms with Crippen LogP contribution in [0.2, 0.25) is 0 Å². The molecule has 43 heavy (non-hydrogen) atoms. The Morgan fingerprint density at radius 1 is 0.791 bits per heavy atom. The molecule has 0 aromatic heterocycles. The van der Waals surface area contributed by atoms with E-state index in [1.807, 2.05) is 0 Å². The van der Waals surface area contributed by atoms with E-state index < -0.39 is 6.09 Å². The van der Waals surface area contributed by atoms with E-state index in [9.17, 15) is 19.2 Å². The lowest BCUT2D eigenvalue weighted by Crippen LogP contribution is -2.36. The van der Waals surface area contributed by atoms with Crippen molar-refractivity contribution in [1.29, 1.82) is 0 Å². The number of rotatable bonds is 18. The number of carbonyl (C=O) groups is 4. The Morgan fingerprint density at radius 3 is 2.16 bits per heavy atom. The molecule has 0 aromatic rings. The van der Waals surface area contributed by atoms with Crippen LogP contribution in [0, 0.1) is 0 Å². The third-order valence-electron chi connectivity index (χ3n) is 7.74. The van der Waals surface area contributed by atoms with Gasteiger partial charge < -0.3 is 29.6 Å². The van der Waals surface area contributed by atoms with Gasteiger partial charge in [0.05, 0.1) is 44.9 Å². The summed E-state index contributed by atoms with van der Waals surface area (Å²) in [6, 6.07) is 0. The van der Waals surface area contributed by atoms with E-state index in [1.165, 1.54) is 30.6 Å². The first-order valence-electron chi connectivity index (χ1n) is 16.1. The van der Waals surface area contributed by atoms with Crippen molar-refractivity contribution < 1.29 is 38.1 Å². The van der Waals surface area contributed by atoms with Crippen LogP contribution in [0.25, 0.3) is 0 Å². The molecule has 2 N–H and O–H groups in total. The van der Waals surface area contributed by atoms with Crippen LogP contribution < -0.4 is 10.6 Å². The molecule has 244 valence electrons. The van der Waals surface area contributed by atoms with Crippen LogP contribution in [0.15, 0.2) is 12.2 Å². The third-order valence-corrected chi connectivity index (χ3v) is 9.30. The van der Waals surface area contributed by atoms with E-state index >= 15 is 0 Å². The molecular formula is C31H51N3O8S. The molecule has 1 heterocycles. The fourth-order valence-electron chi connectivity index (χ4n) is 5.37. The maximum absolute atomic E-state index is 12.8. The largest absolute Gasteiger partial charge is 0.446 e. The van der Waals surface area contributed by atoms with E-state index in [4.69, 9.17) is 18.9 Å². The number of allylic oxidation sites excluding steroid dienone is 2. The summed E-state index contributed by atoms with van der Waals surface area (Å²) in [5.74, 6) is -0.527. The third kappa shape index (κ3) is 14.9. The van der Waals surface area contributed by atoms with Crippen molar-refractivity contribution in [2.45, 2.75) is 100 Å². The van der Waals surface area contributed by atoms with Crippen LogP contribution in [-0.4, -0.2) is 105 Å². The van der Waals surface area contributed by atoms with Gasteiger partial charge in [-0.25, -0.2) is 4.79 Å². The first-order chi connectivity index (χ1) is 21.0. The molecule has 1 saturated carbocycles. The molecule has 2 atom stereocenters. The Labute approximate surface area is 260 Å². The molecule has 0 radical (unpaired) electrons. The number of imide groups is 1. The van der Waals surface area contributed by atoms with Crippen LogP contribution in [0.1, 0.15) is 83.5 Å². The summed E-state index contributed by atoms with van der Waals surface area (Å²) in [5.41, 5.74) is 0. The van der Waals surface area contributed by atoms with Gasteiger partial charge in [0.1, 0.15) is 6.10 Å². The lowest BCUT2D eigenvalue weighted by molar-refractivity contribution is -0.138. The van der Waals surface area contributed by atoms with Crippen molar-refractivity contribution in [3.63, 3.8) is 0 Å². The topological polar surface area (TPSA) is 132 Å². The highest BCUT2D eigenvalue weighted by Crippen LogP contribution is 2.35. The number of alkyl carbamates (subject to hydrolysis) is 1. The van der Waals surface area contributed by atoms with Crippen LogP contribution in [0.5, 0.6) is 0 Å². The second-order valence-electron chi connectivity index (χ2n) is 11.2.